The number of carbonyl (C=O) groups is 1. The van der Waals surface area contributed by atoms with Gasteiger partial charge in [-0.1, -0.05) is 18.2 Å². The molecule has 0 radical (unpaired) electrons. The van der Waals surface area contributed by atoms with Crippen molar-refractivity contribution in [2.45, 2.75) is 13.3 Å². The fourth-order valence-corrected chi connectivity index (χ4v) is 2.28. The van der Waals surface area contributed by atoms with Gasteiger partial charge in [-0.05, 0) is 64.9 Å². The SMILES string of the molecule is Cc1ccc(NC(=O)Cc2cccc(N)c2)cc1I. The van der Waals surface area contributed by atoms with Gasteiger partial charge in [-0.2, -0.15) is 0 Å². The van der Waals surface area contributed by atoms with E-state index in [2.05, 4.69) is 27.9 Å². The third-order valence-corrected chi connectivity index (χ3v) is 3.93. The maximum Gasteiger partial charge on any atom is 0.228 e. The number of carbonyl (C=O) groups excluding carboxylic acids is 1. The monoisotopic (exact) mass is 366 g/mol. The van der Waals surface area contributed by atoms with E-state index in [1.54, 1.807) is 0 Å². The van der Waals surface area contributed by atoms with Gasteiger partial charge in [0.15, 0.2) is 0 Å². The molecule has 0 aromatic heterocycles. The first kappa shape index (κ1) is 13.9. The summed E-state index contributed by atoms with van der Waals surface area (Å²) in [7, 11) is 0. The molecule has 0 fully saturated rings. The molecular weight excluding hydrogens is 351 g/mol. The Bertz CT molecular complexity index is 611. The Labute approximate surface area is 126 Å². The molecule has 98 valence electrons. The number of aryl methyl sites for hydroxylation is 1. The van der Waals surface area contributed by atoms with Gasteiger partial charge >= 0.3 is 0 Å². The molecule has 0 heterocycles. The lowest BCUT2D eigenvalue weighted by Crippen LogP contribution is -2.14. The molecule has 0 saturated carbocycles. The number of halogens is 1. The molecular formula is C15H15IN2O. The molecule has 3 N–H and O–H groups in total. The highest BCUT2D eigenvalue weighted by molar-refractivity contribution is 14.1. The smallest absolute Gasteiger partial charge is 0.228 e. The summed E-state index contributed by atoms with van der Waals surface area (Å²) in [6.07, 6.45) is 0.329. The summed E-state index contributed by atoms with van der Waals surface area (Å²) in [5.74, 6) is -0.0368. The lowest BCUT2D eigenvalue weighted by Gasteiger charge is -2.07. The topological polar surface area (TPSA) is 55.1 Å². The van der Waals surface area contributed by atoms with Crippen LogP contribution in [0.2, 0.25) is 0 Å². The Morgan fingerprint density at radius 1 is 1.26 bits per heavy atom. The van der Waals surface area contributed by atoms with Crippen LogP contribution < -0.4 is 11.1 Å². The zero-order valence-corrected chi connectivity index (χ0v) is 12.8. The van der Waals surface area contributed by atoms with Crippen LogP contribution >= 0.6 is 22.6 Å². The summed E-state index contributed by atoms with van der Waals surface area (Å²) in [5.41, 5.74) is 9.31. The van der Waals surface area contributed by atoms with Crippen molar-refractivity contribution < 1.29 is 4.79 Å². The fourth-order valence-electron chi connectivity index (χ4n) is 1.76. The van der Waals surface area contributed by atoms with Crippen molar-refractivity contribution in [3.8, 4) is 0 Å². The highest BCUT2D eigenvalue weighted by atomic mass is 127. The molecule has 4 heteroatoms. The first-order valence-electron chi connectivity index (χ1n) is 5.95. The summed E-state index contributed by atoms with van der Waals surface area (Å²) >= 11 is 2.26. The van der Waals surface area contributed by atoms with Crippen LogP contribution in [0.15, 0.2) is 42.5 Å². The minimum Gasteiger partial charge on any atom is -0.399 e. The molecule has 0 saturated heterocycles. The predicted octanol–water partition coefficient (Wildman–Crippen LogP) is 3.36. The van der Waals surface area contributed by atoms with E-state index in [-0.39, 0.29) is 5.91 Å². The van der Waals surface area contributed by atoms with E-state index < -0.39 is 0 Å². The number of nitrogens with two attached hydrogens (primary N) is 1. The van der Waals surface area contributed by atoms with Crippen LogP contribution in [0.1, 0.15) is 11.1 Å². The van der Waals surface area contributed by atoms with Crippen molar-refractivity contribution in [1.82, 2.24) is 0 Å². The Morgan fingerprint density at radius 2 is 2.05 bits per heavy atom. The van der Waals surface area contributed by atoms with Crippen LogP contribution in [0.3, 0.4) is 0 Å². The molecule has 0 atom stereocenters. The van der Waals surface area contributed by atoms with E-state index in [9.17, 15) is 4.79 Å². The van der Waals surface area contributed by atoms with E-state index >= 15 is 0 Å². The first-order valence-corrected chi connectivity index (χ1v) is 7.03. The van der Waals surface area contributed by atoms with E-state index in [1.807, 2.05) is 49.4 Å². The van der Waals surface area contributed by atoms with Gasteiger partial charge in [0.1, 0.15) is 0 Å². The van der Waals surface area contributed by atoms with E-state index in [4.69, 9.17) is 5.73 Å². The van der Waals surface area contributed by atoms with Crippen LogP contribution in [0, 0.1) is 10.5 Å². The summed E-state index contributed by atoms with van der Waals surface area (Å²) in [6, 6.07) is 13.3. The normalized spacial score (nSPS) is 10.2. The summed E-state index contributed by atoms with van der Waals surface area (Å²) in [6.45, 7) is 2.04. The van der Waals surface area contributed by atoms with Crippen molar-refractivity contribution in [3.05, 3.63) is 57.2 Å². The fraction of sp³-hybridized carbons (Fsp3) is 0.133. The van der Waals surface area contributed by atoms with Crippen LogP contribution in [0.5, 0.6) is 0 Å². The summed E-state index contributed by atoms with van der Waals surface area (Å²) in [4.78, 5) is 11.9. The van der Waals surface area contributed by atoms with Crippen molar-refractivity contribution in [2.24, 2.45) is 0 Å². The van der Waals surface area contributed by atoms with Gasteiger partial charge < -0.3 is 11.1 Å². The Morgan fingerprint density at radius 3 is 2.74 bits per heavy atom. The third-order valence-electron chi connectivity index (χ3n) is 2.77. The van der Waals surface area contributed by atoms with Crippen LogP contribution in [0.25, 0.3) is 0 Å². The van der Waals surface area contributed by atoms with Gasteiger partial charge in [-0.15, -0.1) is 0 Å². The van der Waals surface area contributed by atoms with Crippen molar-refractivity contribution in [1.29, 1.82) is 0 Å². The Kier molecular flexibility index (Phi) is 4.42. The molecule has 0 aliphatic rings. The minimum atomic E-state index is -0.0368. The van der Waals surface area contributed by atoms with Gasteiger partial charge in [-0.25, -0.2) is 0 Å². The number of benzene rings is 2. The number of nitrogens with one attached hydrogen (secondary N) is 1. The third kappa shape index (κ3) is 3.96. The first-order chi connectivity index (χ1) is 9.04. The number of nitrogen functional groups attached to an aromatic ring is 1. The molecule has 3 nitrogen and oxygen atoms in total. The van der Waals surface area contributed by atoms with Gasteiger partial charge in [0, 0.05) is 14.9 Å². The zero-order chi connectivity index (χ0) is 13.8. The molecule has 2 aromatic rings. The highest BCUT2D eigenvalue weighted by Crippen LogP contribution is 2.17. The number of rotatable bonds is 3. The second kappa shape index (κ2) is 6.06. The van der Waals surface area contributed by atoms with Gasteiger partial charge in [-0.3, -0.25) is 4.79 Å². The van der Waals surface area contributed by atoms with Crippen LogP contribution in [0.4, 0.5) is 11.4 Å². The van der Waals surface area contributed by atoms with Crippen molar-refractivity contribution in [3.63, 3.8) is 0 Å². The van der Waals surface area contributed by atoms with E-state index in [0.717, 1.165) is 14.8 Å². The molecule has 2 rings (SSSR count). The summed E-state index contributed by atoms with van der Waals surface area (Å²) < 4.78 is 1.14. The standard InChI is InChI=1S/C15H15IN2O/c1-10-5-6-13(9-14(10)16)18-15(19)8-11-3-2-4-12(17)7-11/h2-7,9H,8,17H2,1H3,(H,18,19). The highest BCUT2D eigenvalue weighted by Gasteiger charge is 2.05. The lowest BCUT2D eigenvalue weighted by molar-refractivity contribution is -0.115. The maximum atomic E-state index is 11.9. The molecule has 0 aliphatic carbocycles. The molecule has 2 aromatic carbocycles. The quantitative estimate of drug-likeness (QED) is 0.647. The molecule has 19 heavy (non-hydrogen) atoms. The molecule has 1 amide bonds. The van der Waals surface area contributed by atoms with Gasteiger partial charge in [0.2, 0.25) is 5.91 Å². The lowest BCUT2D eigenvalue weighted by atomic mass is 10.1. The number of hydrogen-bond donors (Lipinski definition) is 2. The average Bonchev–Trinajstić information content (AvgIpc) is 2.34. The predicted molar refractivity (Wildman–Crippen MR) is 87.1 cm³/mol. The molecule has 0 bridgehead atoms. The molecule has 0 spiro atoms. The minimum absolute atomic E-state index is 0.0368. The zero-order valence-electron chi connectivity index (χ0n) is 10.6. The number of amides is 1. The molecule has 0 unspecified atom stereocenters. The Hall–Kier alpha value is -1.56. The number of anilines is 2. The Balaban J connectivity index is 2.03. The summed E-state index contributed by atoms with van der Waals surface area (Å²) in [5, 5.41) is 2.89. The van der Waals surface area contributed by atoms with Gasteiger partial charge in [0.25, 0.3) is 0 Å². The number of hydrogen-bond acceptors (Lipinski definition) is 2. The van der Waals surface area contributed by atoms with Crippen molar-refractivity contribution >= 4 is 39.9 Å². The van der Waals surface area contributed by atoms with E-state index in [1.165, 1.54) is 5.56 Å². The van der Waals surface area contributed by atoms with E-state index in [0.29, 0.717) is 12.1 Å². The maximum absolute atomic E-state index is 11.9. The van der Waals surface area contributed by atoms with Crippen LogP contribution in [-0.4, -0.2) is 5.91 Å². The van der Waals surface area contributed by atoms with Gasteiger partial charge in [0.05, 0.1) is 6.42 Å². The van der Waals surface area contributed by atoms with Crippen molar-refractivity contribution in [2.75, 3.05) is 11.1 Å². The molecule has 0 aliphatic heterocycles. The second-order valence-corrected chi connectivity index (χ2v) is 5.60. The van der Waals surface area contributed by atoms with Crippen LogP contribution in [-0.2, 0) is 11.2 Å². The largest absolute Gasteiger partial charge is 0.399 e. The second-order valence-electron chi connectivity index (χ2n) is 4.43. The average molecular weight is 366 g/mol.